The van der Waals surface area contributed by atoms with Crippen molar-refractivity contribution >= 4 is 85.1 Å². The zero-order chi connectivity index (χ0) is 50.6. The maximum atomic E-state index is 7.81. The Morgan fingerprint density at radius 3 is 1.45 bits per heavy atom. The van der Waals surface area contributed by atoms with E-state index in [1.54, 1.807) is 0 Å². The monoisotopic (exact) mass is 958 g/mol. The quantitative estimate of drug-likeness (QED) is 0.149. The van der Waals surface area contributed by atoms with Crippen molar-refractivity contribution < 1.29 is 9.47 Å². The molecule has 9 aromatic carbocycles. The average Bonchev–Trinajstić information content (AvgIpc) is 3.79. The molecule has 360 valence electrons. The Morgan fingerprint density at radius 1 is 0.392 bits per heavy atom. The van der Waals surface area contributed by atoms with Crippen molar-refractivity contribution in [2.45, 2.75) is 92.9 Å². The van der Waals surface area contributed by atoms with Crippen LogP contribution in [0.5, 0.6) is 23.0 Å². The summed E-state index contributed by atoms with van der Waals surface area (Å²) in [6, 6.07) is 60.4. The molecule has 0 N–H and O–H groups in total. The van der Waals surface area contributed by atoms with Gasteiger partial charge < -0.3 is 18.9 Å². The van der Waals surface area contributed by atoms with E-state index >= 15 is 0 Å². The van der Waals surface area contributed by atoms with Gasteiger partial charge in [-0.25, -0.2) is 0 Å². The summed E-state index contributed by atoms with van der Waals surface area (Å²) in [7, 11) is 0. The smallest absolute Gasteiger partial charge is 0.256 e. The van der Waals surface area contributed by atoms with Crippen molar-refractivity contribution in [1.29, 1.82) is 0 Å². The summed E-state index contributed by atoms with van der Waals surface area (Å²) in [6.45, 7) is 22.4. The highest BCUT2D eigenvalue weighted by molar-refractivity contribution is 7.02. The van der Waals surface area contributed by atoms with Crippen molar-refractivity contribution in [3.8, 4) is 50.9 Å². The van der Waals surface area contributed by atoms with E-state index in [0.717, 1.165) is 56.7 Å². The highest BCUT2D eigenvalue weighted by Crippen LogP contribution is 2.52. The van der Waals surface area contributed by atoms with Gasteiger partial charge in [-0.1, -0.05) is 176 Å². The standard InChI is InChI=1S/C68H60B2N2O2/c1-37(2)43-19-25-51(26-20-43)71-59-28-22-47(39(5)6)33-54(59)69-55-34-48(44-15-11-41(9)12-16-44)23-29-60(55)74-68-62(69)65(71)67-63-66(68)72-58-27-21-46(38(3)4)31-52(58)53-32-50(40(7)8)36-57(64(53)72)70(63)56-35-49(24-30-61(56)73-67)45-17-13-42(10)14-18-45/h11-40H,1-10H3. The normalized spacial score (nSPS) is 13.6. The number of hydrogen-bond acceptors (Lipinski definition) is 3. The molecule has 0 aliphatic carbocycles. The minimum atomic E-state index is -0.169. The Hall–Kier alpha value is -7.69. The maximum absolute atomic E-state index is 7.81. The maximum Gasteiger partial charge on any atom is 0.256 e. The summed E-state index contributed by atoms with van der Waals surface area (Å²) in [5.41, 5.74) is 26.6. The molecule has 4 aliphatic heterocycles. The van der Waals surface area contributed by atoms with Gasteiger partial charge >= 0.3 is 0 Å². The highest BCUT2D eigenvalue weighted by atomic mass is 16.5. The molecule has 5 heterocycles. The van der Waals surface area contributed by atoms with Crippen molar-refractivity contribution in [2.75, 3.05) is 4.90 Å². The van der Waals surface area contributed by atoms with E-state index in [2.05, 4.69) is 236 Å². The number of aromatic nitrogens is 1. The predicted octanol–water partition coefficient (Wildman–Crippen LogP) is 14.6. The van der Waals surface area contributed by atoms with Crippen LogP contribution in [0.1, 0.15) is 112 Å². The Kier molecular flexibility index (Phi) is 9.97. The zero-order valence-electron chi connectivity index (χ0n) is 44.2. The molecule has 0 fully saturated rings. The van der Waals surface area contributed by atoms with Crippen molar-refractivity contribution in [3.05, 3.63) is 191 Å². The number of anilines is 3. The minimum Gasteiger partial charge on any atom is -0.456 e. The third-order valence-electron chi connectivity index (χ3n) is 17.0. The molecule has 0 amide bonds. The lowest BCUT2D eigenvalue weighted by molar-refractivity contribution is 0.475. The molecule has 10 aromatic rings. The van der Waals surface area contributed by atoms with Gasteiger partial charge in [-0.15, -0.1) is 0 Å². The van der Waals surface area contributed by atoms with E-state index in [4.69, 9.17) is 9.47 Å². The Morgan fingerprint density at radius 2 is 0.865 bits per heavy atom. The molecule has 0 saturated carbocycles. The van der Waals surface area contributed by atoms with E-state index in [1.165, 1.54) is 99.3 Å². The number of benzene rings is 9. The van der Waals surface area contributed by atoms with Gasteiger partial charge in [0.1, 0.15) is 23.0 Å². The first kappa shape index (κ1) is 45.0. The molecule has 0 unspecified atom stereocenters. The summed E-state index contributed by atoms with van der Waals surface area (Å²) in [5, 5.41) is 2.56. The third-order valence-corrected chi connectivity index (χ3v) is 17.0. The third kappa shape index (κ3) is 6.55. The lowest BCUT2D eigenvalue weighted by atomic mass is 9.31. The van der Waals surface area contributed by atoms with Crippen LogP contribution in [0.2, 0.25) is 0 Å². The number of fused-ring (bicyclic) bond motifs is 13. The van der Waals surface area contributed by atoms with E-state index in [1.807, 2.05) is 0 Å². The van der Waals surface area contributed by atoms with Gasteiger partial charge in [0.05, 0.1) is 16.9 Å². The number of rotatable bonds is 7. The highest BCUT2D eigenvalue weighted by Gasteiger charge is 2.51. The van der Waals surface area contributed by atoms with Crippen molar-refractivity contribution in [2.24, 2.45) is 0 Å². The van der Waals surface area contributed by atoms with Crippen LogP contribution in [0.15, 0.2) is 158 Å². The average molecular weight is 959 g/mol. The molecular weight excluding hydrogens is 898 g/mol. The van der Waals surface area contributed by atoms with E-state index in [0.29, 0.717) is 23.7 Å². The fourth-order valence-electron chi connectivity index (χ4n) is 12.8. The molecule has 1 aromatic heterocycles. The van der Waals surface area contributed by atoms with Gasteiger partial charge in [0.25, 0.3) is 13.4 Å². The molecular formula is C68H60B2N2O2. The fraction of sp³-hybridized carbons (Fsp3) is 0.206. The van der Waals surface area contributed by atoms with Gasteiger partial charge in [-0.05, 0) is 152 Å². The van der Waals surface area contributed by atoms with Gasteiger partial charge in [-0.3, -0.25) is 0 Å². The van der Waals surface area contributed by atoms with E-state index < -0.39 is 0 Å². The number of hydrogen-bond donors (Lipinski definition) is 0. The van der Waals surface area contributed by atoms with Crippen LogP contribution < -0.4 is 47.2 Å². The van der Waals surface area contributed by atoms with Gasteiger partial charge in [0.15, 0.2) is 0 Å². The molecule has 74 heavy (non-hydrogen) atoms. The summed E-state index contributed by atoms with van der Waals surface area (Å²) < 4.78 is 18.2. The van der Waals surface area contributed by atoms with Crippen LogP contribution in [-0.4, -0.2) is 18.0 Å². The second kappa shape index (κ2) is 16.4. The van der Waals surface area contributed by atoms with Crippen LogP contribution in [0.3, 0.4) is 0 Å². The molecule has 0 saturated heterocycles. The number of nitrogens with zero attached hydrogens (tertiary/aromatic N) is 2. The van der Waals surface area contributed by atoms with Crippen molar-refractivity contribution in [1.82, 2.24) is 4.57 Å². The molecule has 0 radical (unpaired) electrons. The molecule has 4 nitrogen and oxygen atoms in total. The SMILES string of the molecule is Cc1ccc(-c2ccc3c(c2)B2c4cc(C(C)C)ccc4N(c4ccc(C(C)C)cc4)c4c5c6c(c(c42)O3)-n2c3ccc(C(C)C)cc3c3cc(C(C)C)cc(c32)B6c2cc(-c3ccc(C)cc3)ccc2O5)cc1. The lowest BCUT2D eigenvalue weighted by Crippen LogP contribution is -2.63. The molecule has 0 bridgehead atoms. The Balaban J connectivity index is 1.16. The minimum absolute atomic E-state index is 0.166. The molecule has 4 aliphatic rings. The first-order valence-corrected chi connectivity index (χ1v) is 27.0. The van der Waals surface area contributed by atoms with E-state index in [-0.39, 0.29) is 13.4 Å². The number of ether oxygens (including phenoxy) is 2. The van der Waals surface area contributed by atoms with Crippen molar-refractivity contribution in [3.63, 3.8) is 0 Å². The summed E-state index contributed by atoms with van der Waals surface area (Å²) in [6.07, 6.45) is 0. The first-order chi connectivity index (χ1) is 35.8. The topological polar surface area (TPSA) is 26.6 Å². The Labute approximate surface area is 436 Å². The molecule has 0 atom stereocenters. The van der Waals surface area contributed by atoms with E-state index in [9.17, 15) is 0 Å². The molecule has 6 heteroatoms. The van der Waals surface area contributed by atoms with Gasteiger partial charge in [-0.2, -0.15) is 0 Å². The second-order valence-electron chi connectivity index (χ2n) is 23.0. The number of aryl methyl sites for hydroxylation is 2. The van der Waals surface area contributed by atoms with Crippen LogP contribution in [-0.2, 0) is 0 Å². The zero-order valence-corrected chi connectivity index (χ0v) is 44.2. The van der Waals surface area contributed by atoms with Gasteiger partial charge in [0, 0.05) is 38.6 Å². The first-order valence-electron chi connectivity index (χ1n) is 27.0. The van der Waals surface area contributed by atoms with Crippen LogP contribution >= 0.6 is 0 Å². The summed E-state index contributed by atoms with van der Waals surface area (Å²) in [5.74, 6) is 4.99. The molecule has 0 spiro atoms. The second-order valence-corrected chi connectivity index (χ2v) is 23.0. The van der Waals surface area contributed by atoms with Gasteiger partial charge in [0.2, 0.25) is 0 Å². The van der Waals surface area contributed by atoms with Crippen LogP contribution in [0, 0.1) is 13.8 Å². The largest absolute Gasteiger partial charge is 0.456 e. The fourth-order valence-corrected chi connectivity index (χ4v) is 12.8. The van der Waals surface area contributed by atoms with Crippen LogP contribution in [0.25, 0.3) is 49.7 Å². The Bertz CT molecular complexity index is 3990. The summed E-state index contributed by atoms with van der Waals surface area (Å²) >= 11 is 0. The van der Waals surface area contributed by atoms with Crippen LogP contribution in [0.4, 0.5) is 17.1 Å². The summed E-state index contributed by atoms with van der Waals surface area (Å²) in [4.78, 5) is 2.52. The lowest BCUT2D eigenvalue weighted by Gasteiger charge is -2.45. The predicted molar refractivity (Wildman–Crippen MR) is 315 cm³/mol. The molecule has 14 rings (SSSR count).